The number of piperidine rings is 1. The lowest BCUT2D eigenvalue weighted by Crippen LogP contribution is -2.40. The van der Waals surface area contributed by atoms with Crippen molar-refractivity contribution in [3.63, 3.8) is 0 Å². The molecule has 1 aromatic rings. The quantitative estimate of drug-likeness (QED) is 0.404. The van der Waals surface area contributed by atoms with Gasteiger partial charge in [0.15, 0.2) is 0 Å². The van der Waals surface area contributed by atoms with Crippen LogP contribution < -0.4 is 4.74 Å². The molecule has 9 nitrogen and oxygen atoms in total. The zero-order valence-corrected chi connectivity index (χ0v) is 23.9. The molecule has 0 atom stereocenters. The third kappa shape index (κ3) is 7.49. The summed E-state index contributed by atoms with van der Waals surface area (Å²) < 4.78 is 38.3. The van der Waals surface area contributed by atoms with Crippen LogP contribution in [0, 0.1) is 19.8 Å². The van der Waals surface area contributed by atoms with Crippen LogP contribution in [0.2, 0.25) is 0 Å². The van der Waals surface area contributed by atoms with Crippen LogP contribution in [0.5, 0.6) is 5.75 Å². The number of carbonyl (C=O) groups excluding carboxylic acids is 1. The van der Waals surface area contributed by atoms with Gasteiger partial charge in [-0.05, 0) is 68.0 Å². The van der Waals surface area contributed by atoms with Crippen molar-refractivity contribution in [1.82, 2.24) is 19.0 Å². The van der Waals surface area contributed by atoms with Crippen molar-refractivity contribution in [2.45, 2.75) is 31.6 Å². The molecule has 0 aromatic heterocycles. The van der Waals surface area contributed by atoms with E-state index in [2.05, 4.69) is 35.2 Å². The third-order valence-corrected chi connectivity index (χ3v) is 9.30. The molecule has 0 aliphatic carbocycles. The molecule has 0 N–H and O–H groups in total. The minimum absolute atomic E-state index is 0.0605. The maximum absolute atomic E-state index is 13.1. The summed E-state index contributed by atoms with van der Waals surface area (Å²) in [4.78, 5) is 19.2. The van der Waals surface area contributed by atoms with Gasteiger partial charge in [0.05, 0.1) is 18.6 Å². The van der Waals surface area contributed by atoms with E-state index in [0.29, 0.717) is 29.3 Å². The lowest BCUT2D eigenvalue weighted by molar-refractivity contribution is -0.135. The van der Waals surface area contributed by atoms with E-state index >= 15 is 0 Å². The first-order valence-corrected chi connectivity index (χ1v) is 14.2. The fourth-order valence-electron chi connectivity index (χ4n) is 4.84. The molecule has 1 saturated heterocycles. The van der Waals surface area contributed by atoms with Gasteiger partial charge in [0.2, 0.25) is 15.9 Å². The van der Waals surface area contributed by atoms with Gasteiger partial charge in [-0.2, -0.15) is 4.31 Å². The number of amides is 1. The summed E-state index contributed by atoms with van der Waals surface area (Å²) in [6, 6.07) is 3.43. The van der Waals surface area contributed by atoms with E-state index in [-0.39, 0.29) is 30.6 Å². The normalized spacial score (nSPS) is 16.8. The number of nitrogens with zero attached hydrogens (tertiary/aromatic N) is 4. The van der Waals surface area contributed by atoms with E-state index in [4.69, 9.17) is 9.47 Å². The first-order chi connectivity index (χ1) is 17.5. The molecule has 0 unspecified atom stereocenters. The number of sulfonamides is 1. The highest BCUT2D eigenvalue weighted by molar-refractivity contribution is 7.89. The second-order valence-corrected chi connectivity index (χ2v) is 12.0. The maximum atomic E-state index is 13.1. The molecule has 0 spiro atoms. The van der Waals surface area contributed by atoms with Gasteiger partial charge >= 0.3 is 0 Å². The van der Waals surface area contributed by atoms with Gasteiger partial charge in [-0.25, -0.2) is 8.42 Å². The monoisotopic (exact) mass is 534 g/mol. The molecule has 2 aliphatic heterocycles. The van der Waals surface area contributed by atoms with Gasteiger partial charge in [-0.1, -0.05) is 0 Å². The molecule has 206 valence electrons. The summed E-state index contributed by atoms with van der Waals surface area (Å²) in [5.74, 6) is 1.00. The zero-order valence-electron chi connectivity index (χ0n) is 23.1. The molecular weight excluding hydrogens is 492 g/mol. The Morgan fingerprint density at radius 2 is 1.78 bits per heavy atom. The largest absolute Gasteiger partial charge is 0.497 e. The number of benzene rings is 1. The number of rotatable bonds is 11. The van der Waals surface area contributed by atoms with Crippen LogP contribution in [0.1, 0.15) is 24.0 Å². The van der Waals surface area contributed by atoms with Gasteiger partial charge in [0.1, 0.15) is 12.4 Å². The Hall–Kier alpha value is -2.56. The first-order valence-electron chi connectivity index (χ1n) is 12.8. The summed E-state index contributed by atoms with van der Waals surface area (Å²) in [7, 11) is 3.27. The van der Waals surface area contributed by atoms with Crippen LogP contribution in [-0.2, 0) is 19.6 Å². The predicted molar refractivity (Wildman–Crippen MR) is 145 cm³/mol. The van der Waals surface area contributed by atoms with Crippen LogP contribution in [0.4, 0.5) is 0 Å². The topological polar surface area (TPSA) is 82.6 Å². The second kappa shape index (κ2) is 12.8. The Labute approximate surface area is 222 Å². The molecule has 0 bridgehead atoms. The van der Waals surface area contributed by atoms with E-state index in [1.54, 1.807) is 38.0 Å². The highest BCUT2D eigenvalue weighted by Crippen LogP contribution is 2.28. The van der Waals surface area contributed by atoms with Crippen LogP contribution in [0.3, 0.4) is 0 Å². The highest BCUT2D eigenvalue weighted by Gasteiger charge is 2.26. The number of aryl methyl sites for hydroxylation is 2. The van der Waals surface area contributed by atoms with Crippen molar-refractivity contribution in [3.05, 3.63) is 47.3 Å². The van der Waals surface area contributed by atoms with Crippen molar-refractivity contribution < 1.29 is 22.7 Å². The average Bonchev–Trinajstić information content (AvgIpc) is 2.86. The fraction of sp³-hybridized carbons (Fsp3) is 0.593. The summed E-state index contributed by atoms with van der Waals surface area (Å²) >= 11 is 0. The van der Waals surface area contributed by atoms with Crippen molar-refractivity contribution >= 4 is 15.9 Å². The molecule has 1 amide bonds. The summed E-state index contributed by atoms with van der Waals surface area (Å²) in [6.45, 7) is 7.39. The molecule has 2 heterocycles. The molecule has 10 heteroatoms. The van der Waals surface area contributed by atoms with Gasteiger partial charge in [0.25, 0.3) is 0 Å². The molecule has 0 saturated carbocycles. The van der Waals surface area contributed by atoms with Crippen molar-refractivity contribution in [2.24, 2.45) is 5.92 Å². The molecule has 37 heavy (non-hydrogen) atoms. The number of likely N-dealkylation sites (N-methyl/N-ethyl adjacent to an activating group) is 3. The Morgan fingerprint density at radius 1 is 1.14 bits per heavy atom. The van der Waals surface area contributed by atoms with E-state index < -0.39 is 10.0 Å². The number of allylic oxidation sites excluding steroid dienone is 1. The Morgan fingerprint density at radius 3 is 2.35 bits per heavy atom. The minimum Gasteiger partial charge on any atom is -0.497 e. The van der Waals surface area contributed by atoms with Gasteiger partial charge in [0, 0.05) is 65.8 Å². The van der Waals surface area contributed by atoms with Crippen LogP contribution in [0.15, 0.2) is 41.1 Å². The summed E-state index contributed by atoms with van der Waals surface area (Å²) in [5.41, 5.74) is 2.55. The van der Waals surface area contributed by atoms with E-state index in [1.807, 2.05) is 7.05 Å². The molecular formula is C27H42N4O5S. The van der Waals surface area contributed by atoms with Gasteiger partial charge < -0.3 is 24.2 Å². The third-order valence-electron chi connectivity index (χ3n) is 7.14. The maximum Gasteiger partial charge on any atom is 0.248 e. The molecule has 3 rings (SSSR count). The number of methoxy groups -OCH3 is 1. The Balaban J connectivity index is 1.40. The average molecular weight is 535 g/mol. The number of hydrogen-bond donors (Lipinski definition) is 0. The van der Waals surface area contributed by atoms with E-state index in [1.165, 1.54) is 17.0 Å². The molecule has 0 radical (unpaired) electrons. The molecule has 1 fully saturated rings. The predicted octanol–water partition coefficient (Wildman–Crippen LogP) is 2.46. The SMILES string of the molecule is COc1cc(C)c(S(=O)(=O)N(C)CCOCC(=O)N(C)CC2CCN(C3=CCN(C)C=C3)CC2)c(C)c1. The molecule has 2 aliphatic rings. The van der Waals surface area contributed by atoms with Crippen molar-refractivity contribution in [2.75, 3.05) is 74.2 Å². The first kappa shape index (κ1) is 29.0. The lowest BCUT2D eigenvalue weighted by atomic mass is 9.95. The minimum atomic E-state index is -3.69. The standard InChI is InChI=1S/C27H42N4O5S/c1-21-17-25(35-6)18-22(2)27(21)37(33,34)30(5)15-16-36-20-26(32)29(4)19-23-7-13-31(14-8-23)24-9-11-28(3)12-10-24/h9-11,17-18,23H,7-8,12-16,19-20H2,1-6H3. The van der Waals surface area contributed by atoms with Gasteiger partial charge in [-0.15, -0.1) is 0 Å². The highest BCUT2D eigenvalue weighted by atomic mass is 32.2. The van der Waals surface area contributed by atoms with E-state index in [9.17, 15) is 13.2 Å². The Kier molecular flexibility index (Phi) is 10.0. The van der Waals surface area contributed by atoms with Crippen molar-refractivity contribution in [3.8, 4) is 5.75 Å². The smallest absolute Gasteiger partial charge is 0.248 e. The van der Waals surface area contributed by atoms with Crippen LogP contribution in [0.25, 0.3) is 0 Å². The van der Waals surface area contributed by atoms with Crippen LogP contribution in [-0.4, -0.2) is 108 Å². The van der Waals surface area contributed by atoms with Gasteiger partial charge in [-0.3, -0.25) is 4.79 Å². The van der Waals surface area contributed by atoms with Crippen LogP contribution >= 0.6 is 0 Å². The zero-order chi connectivity index (χ0) is 27.2. The fourth-order valence-corrected chi connectivity index (χ4v) is 6.40. The van der Waals surface area contributed by atoms with E-state index in [0.717, 1.165) is 32.5 Å². The Bertz CT molecular complexity index is 1090. The number of carbonyl (C=O) groups is 1. The summed E-state index contributed by atoms with van der Waals surface area (Å²) in [6.07, 6.45) is 8.63. The van der Waals surface area contributed by atoms with Crippen molar-refractivity contribution in [1.29, 1.82) is 0 Å². The molecule has 1 aromatic carbocycles. The number of hydrogen-bond acceptors (Lipinski definition) is 7. The number of likely N-dealkylation sites (tertiary alicyclic amines) is 1. The second-order valence-electron chi connectivity index (χ2n) is 10.1. The summed E-state index contributed by atoms with van der Waals surface area (Å²) in [5, 5.41) is 0. The number of ether oxygens (including phenoxy) is 2. The lowest BCUT2D eigenvalue weighted by Gasteiger charge is -2.36.